The molecule has 0 amide bonds. The zero-order valence-corrected chi connectivity index (χ0v) is 12.7. The van der Waals surface area contributed by atoms with Crippen LogP contribution < -0.4 is 0 Å². The van der Waals surface area contributed by atoms with E-state index in [0.29, 0.717) is 11.7 Å². The van der Waals surface area contributed by atoms with E-state index in [2.05, 4.69) is 6.92 Å². The lowest BCUT2D eigenvalue weighted by atomic mass is 9.85. The Labute approximate surface area is 118 Å². The van der Waals surface area contributed by atoms with Gasteiger partial charge in [-0.3, -0.25) is 4.79 Å². The van der Waals surface area contributed by atoms with Crippen molar-refractivity contribution in [3.63, 3.8) is 0 Å². The summed E-state index contributed by atoms with van der Waals surface area (Å²) >= 11 is 5.66. The smallest absolute Gasteiger partial charge is 0.133 e. The molecule has 0 saturated heterocycles. The topological polar surface area (TPSA) is 17.1 Å². The monoisotopic (exact) mass is 272 g/mol. The van der Waals surface area contributed by atoms with Crippen molar-refractivity contribution in [3.8, 4) is 0 Å². The number of unbranched alkanes of at least 4 members (excludes halogenated alkanes) is 1. The molecule has 0 radical (unpaired) electrons. The van der Waals surface area contributed by atoms with Crippen LogP contribution in [0, 0.1) is 11.8 Å². The summed E-state index contributed by atoms with van der Waals surface area (Å²) in [5.74, 6) is 2.63. The second-order valence-electron chi connectivity index (χ2n) is 6.08. The Morgan fingerprint density at radius 2 is 1.94 bits per heavy atom. The maximum Gasteiger partial charge on any atom is 0.133 e. The molecule has 2 heteroatoms. The number of hydrogen-bond donors (Lipinski definition) is 0. The van der Waals surface area contributed by atoms with Gasteiger partial charge in [-0.25, -0.2) is 0 Å². The highest BCUT2D eigenvalue weighted by molar-refractivity contribution is 6.17. The Balaban J connectivity index is 2.05. The van der Waals surface area contributed by atoms with Gasteiger partial charge in [0.2, 0.25) is 0 Å². The van der Waals surface area contributed by atoms with Crippen molar-refractivity contribution in [2.24, 2.45) is 11.8 Å². The third-order valence-corrected chi connectivity index (χ3v) is 4.48. The molecule has 1 rings (SSSR count). The van der Waals surface area contributed by atoms with Crippen LogP contribution in [0.15, 0.2) is 0 Å². The van der Waals surface area contributed by atoms with Crippen molar-refractivity contribution in [2.75, 3.05) is 5.88 Å². The Bertz CT molecular complexity index is 221. The molecule has 1 fully saturated rings. The van der Waals surface area contributed by atoms with E-state index in [4.69, 9.17) is 11.6 Å². The van der Waals surface area contributed by atoms with Gasteiger partial charge >= 0.3 is 0 Å². The van der Waals surface area contributed by atoms with E-state index in [1.165, 1.54) is 38.5 Å². The lowest BCUT2D eigenvalue weighted by Gasteiger charge is -2.21. The van der Waals surface area contributed by atoms with Gasteiger partial charge in [-0.15, -0.1) is 11.6 Å². The summed E-state index contributed by atoms with van der Waals surface area (Å²) in [5.41, 5.74) is 0. The summed E-state index contributed by atoms with van der Waals surface area (Å²) in [6.45, 7) is 2.20. The lowest BCUT2D eigenvalue weighted by Crippen LogP contribution is -2.11. The van der Waals surface area contributed by atoms with Crippen LogP contribution >= 0.6 is 11.6 Å². The summed E-state index contributed by atoms with van der Waals surface area (Å²) in [4.78, 5) is 11.9. The van der Waals surface area contributed by atoms with E-state index >= 15 is 0 Å². The van der Waals surface area contributed by atoms with Crippen LogP contribution in [0.2, 0.25) is 0 Å². The maximum atomic E-state index is 11.9. The van der Waals surface area contributed by atoms with Gasteiger partial charge < -0.3 is 0 Å². The molecule has 0 aliphatic heterocycles. The predicted octanol–water partition coefficient (Wildman–Crippen LogP) is 5.35. The summed E-state index contributed by atoms with van der Waals surface area (Å²) < 4.78 is 0. The second-order valence-corrected chi connectivity index (χ2v) is 6.45. The summed E-state index contributed by atoms with van der Waals surface area (Å²) in [6, 6.07) is 0. The number of halogens is 1. The second kappa shape index (κ2) is 9.83. The molecule has 0 spiro atoms. The van der Waals surface area contributed by atoms with Crippen LogP contribution in [-0.2, 0) is 4.79 Å². The Hall–Kier alpha value is -0.0400. The number of alkyl halides is 1. The van der Waals surface area contributed by atoms with Gasteiger partial charge in [0.25, 0.3) is 0 Å². The fourth-order valence-electron chi connectivity index (χ4n) is 3.02. The quantitative estimate of drug-likeness (QED) is 0.408. The molecule has 0 aromatic heterocycles. The molecule has 106 valence electrons. The standard InChI is InChI=1S/C16H29ClO/c1-14(7-5-6-12-17)13-16(18)11-10-15-8-3-2-4-9-15/h14-15H,2-13H2,1H3/t14-/m1/s1. The molecule has 0 bridgehead atoms. The van der Waals surface area contributed by atoms with Gasteiger partial charge in [-0.2, -0.15) is 0 Å². The predicted molar refractivity (Wildman–Crippen MR) is 79.2 cm³/mol. The Morgan fingerprint density at radius 3 is 2.61 bits per heavy atom. The lowest BCUT2D eigenvalue weighted by molar-refractivity contribution is -0.120. The van der Waals surface area contributed by atoms with Gasteiger partial charge in [0.05, 0.1) is 0 Å². The van der Waals surface area contributed by atoms with Crippen molar-refractivity contribution >= 4 is 17.4 Å². The molecule has 1 atom stereocenters. The van der Waals surface area contributed by atoms with Crippen molar-refractivity contribution in [1.82, 2.24) is 0 Å². The zero-order chi connectivity index (χ0) is 13.2. The number of hydrogen-bond acceptors (Lipinski definition) is 1. The first-order valence-corrected chi connectivity index (χ1v) is 8.33. The molecule has 18 heavy (non-hydrogen) atoms. The first-order chi connectivity index (χ1) is 8.72. The van der Waals surface area contributed by atoms with Crippen molar-refractivity contribution in [3.05, 3.63) is 0 Å². The van der Waals surface area contributed by atoms with Crippen LogP contribution in [0.3, 0.4) is 0 Å². The van der Waals surface area contributed by atoms with E-state index in [1.54, 1.807) is 0 Å². The third kappa shape index (κ3) is 7.41. The molecular weight excluding hydrogens is 244 g/mol. The number of carbonyl (C=O) groups is 1. The highest BCUT2D eigenvalue weighted by atomic mass is 35.5. The van der Waals surface area contributed by atoms with Crippen LogP contribution in [0.5, 0.6) is 0 Å². The minimum absolute atomic E-state index is 0.485. The van der Waals surface area contributed by atoms with Crippen LogP contribution in [-0.4, -0.2) is 11.7 Å². The average Bonchev–Trinajstić information content (AvgIpc) is 2.38. The van der Waals surface area contributed by atoms with Gasteiger partial charge in [0.1, 0.15) is 5.78 Å². The molecule has 0 heterocycles. The zero-order valence-electron chi connectivity index (χ0n) is 11.9. The molecule has 1 aliphatic rings. The fourth-order valence-corrected chi connectivity index (χ4v) is 3.21. The molecule has 0 N–H and O–H groups in total. The van der Waals surface area contributed by atoms with E-state index in [-0.39, 0.29) is 0 Å². The molecule has 1 aliphatic carbocycles. The van der Waals surface area contributed by atoms with E-state index in [0.717, 1.165) is 43.9 Å². The van der Waals surface area contributed by atoms with Crippen LogP contribution in [0.4, 0.5) is 0 Å². The van der Waals surface area contributed by atoms with Gasteiger partial charge in [0.15, 0.2) is 0 Å². The van der Waals surface area contributed by atoms with E-state index in [9.17, 15) is 4.79 Å². The normalized spacial score (nSPS) is 18.8. The third-order valence-electron chi connectivity index (χ3n) is 4.21. The van der Waals surface area contributed by atoms with Gasteiger partial charge in [0, 0.05) is 18.7 Å². The minimum atomic E-state index is 0.485. The first kappa shape index (κ1) is 16.0. The average molecular weight is 273 g/mol. The maximum absolute atomic E-state index is 11.9. The summed E-state index contributed by atoms with van der Waals surface area (Å²) in [6.07, 6.45) is 13.1. The van der Waals surface area contributed by atoms with E-state index in [1.807, 2.05) is 0 Å². The van der Waals surface area contributed by atoms with Crippen molar-refractivity contribution in [2.45, 2.75) is 77.6 Å². The van der Waals surface area contributed by atoms with Crippen LogP contribution in [0.1, 0.15) is 77.6 Å². The molecule has 0 aromatic rings. The Morgan fingerprint density at radius 1 is 1.22 bits per heavy atom. The fraction of sp³-hybridized carbons (Fsp3) is 0.938. The number of Topliss-reactive ketones (excluding diaryl/α,β-unsaturated/α-hetero) is 1. The van der Waals surface area contributed by atoms with E-state index < -0.39 is 0 Å². The minimum Gasteiger partial charge on any atom is -0.300 e. The Kier molecular flexibility index (Phi) is 8.75. The molecule has 0 aromatic carbocycles. The number of carbonyl (C=O) groups excluding carboxylic acids is 1. The van der Waals surface area contributed by atoms with Crippen molar-refractivity contribution in [1.29, 1.82) is 0 Å². The summed E-state index contributed by atoms with van der Waals surface area (Å²) in [5, 5.41) is 0. The molecule has 1 saturated carbocycles. The molecular formula is C16H29ClO. The number of ketones is 1. The van der Waals surface area contributed by atoms with Crippen molar-refractivity contribution < 1.29 is 4.79 Å². The van der Waals surface area contributed by atoms with Gasteiger partial charge in [-0.1, -0.05) is 51.9 Å². The summed E-state index contributed by atoms with van der Waals surface area (Å²) in [7, 11) is 0. The molecule has 1 nitrogen and oxygen atoms in total. The highest BCUT2D eigenvalue weighted by Gasteiger charge is 2.15. The number of rotatable bonds is 9. The SMILES string of the molecule is C[C@H](CCCCCl)CC(=O)CCC1CCCCC1. The largest absolute Gasteiger partial charge is 0.300 e. The van der Waals surface area contributed by atoms with Gasteiger partial charge in [-0.05, 0) is 24.7 Å². The van der Waals surface area contributed by atoms with Crippen LogP contribution in [0.25, 0.3) is 0 Å². The first-order valence-electron chi connectivity index (χ1n) is 7.80. The molecule has 0 unspecified atom stereocenters. The highest BCUT2D eigenvalue weighted by Crippen LogP contribution is 2.27.